The summed E-state index contributed by atoms with van der Waals surface area (Å²) in [5.41, 5.74) is 2.60. The van der Waals surface area contributed by atoms with Crippen LogP contribution in [0.2, 0.25) is 0 Å². The molecule has 1 heterocycles. The van der Waals surface area contributed by atoms with Crippen molar-refractivity contribution in [3.05, 3.63) is 70.2 Å². The third-order valence-corrected chi connectivity index (χ3v) is 4.60. The Morgan fingerprint density at radius 2 is 1.79 bits per heavy atom. The Labute approximate surface area is 166 Å². The summed E-state index contributed by atoms with van der Waals surface area (Å²) in [7, 11) is 1.54. The van der Waals surface area contributed by atoms with E-state index in [4.69, 9.17) is 4.74 Å². The number of anilines is 2. The second-order valence-corrected chi connectivity index (χ2v) is 6.97. The molecule has 0 bridgehead atoms. The van der Waals surface area contributed by atoms with Crippen LogP contribution in [0.4, 0.5) is 16.2 Å². The van der Waals surface area contributed by atoms with Crippen LogP contribution in [-0.2, 0) is 6.61 Å². The topological polar surface area (TPSA) is 92.4 Å². The third-order valence-electron chi connectivity index (χ3n) is 3.78. The van der Waals surface area contributed by atoms with Gasteiger partial charge in [0.05, 0.1) is 10.7 Å². The fraction of sp³-hybridized carbons (Fsp3) is 0.150. The van der Waals surface area contributed by atoms with E-state index in [0.29, 0.717) is 29.3 Å². The zero-order valence-corrected chi connectivity index (χ0v) is 16.3. The lowest BCUT2D eigenvalue weighted by Gasteiger charge is -2.09. The molecule has 3 amide bonds. The first kappa shape index (κ1) is 19.4. The van der Waals surface area contributed by atoms with Gasteiger partial charge in [-0.25, -0.2) is 9.78 Å². The molecule has 0 aliphatic rings. The highest BCUT2D eigenvalue weighted by Gasteiger charge is 2.08. The van der Waals surface area contributed by atoms with Crippen LogP contribution < -0.4 is 20.7 Å². The molecular weight excluding hydrogens is 376 g/mol. The van der Waals surface area contributed by atoms with Crippen LogP contribution in [0.5, 0.6) is 5.75 Å². The zero-order chi connectivity index (χ0) is 19.9. The summed E-state index contributed by atoms with van der Waals surface area (Å²) in [5, 5.41) is 10.9. The Kier molecular flexibility index (Phi) is 6.23. The van der Waals surface area contributed by atoms with E-state index in [9.17, 15) is 9.59 Å². The van der Waals surface area contributed by atoms with E-state index in [1.165, 1.54) is 0 Å². The third kappa shape index (κ3) is 5.31. The van der Waals surface area contributed by atoms with Crippen molar-refractivity contribution in [1.29, 1.82) is 0 Å². The molecule has 0 atom stereocenters. The van der Waals surface area contributed by atoms with Gasteiger partial charge >= 0.3 is 6.03 Å². The Hall–Kier alpha value is -3.39. The van der Waals surface area contributed by atoms with E-state index < -0.39 is 0 Å². The van der Waals surface area contributed by atoms with Gasteiger partial charge in [0.1, 0.15) is 12.4 Å². The largest absolute Gasteiger partial charge is 0.487 e. The number of hydrogen-bond acceptors (Lipinski definition) is 5. The van der Waals surface area contributed by atoms with Gasteiger partial charge in [-0.1, -0.05) is 6.07 Å². The predicted molar refractivity (Wildman–Crippen MR) is 110 cm³/mol. The molecular formula is C20H20N4O3S. The molecule has 144 valence electrons. The molecule has 0 aliphatic heterocycles. The quantitative estimate of drug-likeness (QED) is 0.586. The van der Waals surface area contributed by atoms with E-state index in [2.05, 4.69) is 20.9 Å². The Morgan fingerprint density at radius 1 is 1.07 bits per heavy atom. The van der Waals surface area contributed by atoms with Crippen LogP contribution >= 0.6 is 11.3 Å². The molecule has 0 fully saturated rings. The molecule has 28 heavy (non-hydrogen) atoms. The van der Waals surface area contributed by atoms with E-state index in [1.807, 2.05) is 12.3 Å². The highest BCUT2D eigenvalue weighted by Crippen LogP contribution is 2.18. The average Bonchev–Trinajstić information content (AvgIpc) is 3.13. The standard InChI is InChI=1S/C20H20N4O3S/c1-13-22-17(12-28-13)11-27-18-5-3-4-14(10-18)19(25)23-15-6-8-16(9-7-15)24-20(26)21-2/h3-10,12H,11H2,1-2H3,(H,23,25)(H2,21,24,26). The Bertz CT molecular complexity index is 970. The fourth-order valence-electron chi connectivity index (χ4n) is 2.39. The molecule has 0 spiro atoms. The van der Waals surface area contributed by atoms with Gasteiger partial charge in [0.2, 0.25) is 0 Å². The van der Waals surface area contributed by atoms with E-state index in [1.54, 1.807) is 66.9 Å². The molecule has 0 saturated carbocycles. The summed E-state index contributed by atoms with van der Waals surface area (Å²) in [6.07, 6.45) is 0. The van der Waals surface area contributed by atoms with E-state index in [-0.39, 0.29) is 11.9 Å². The van der Waals surface area contributed by atoms with Crippen LogP contribution in [0.3, 0.4) is 0 Å². The van der Waals surface area contributed by atoms with Crippen LogP contribution in [0.25, 0.3) is 0 Å². The van der Waals surface area contributed by atoms with Crippen molar-refractivity contribution in [2.24, 2.45) is 0 Å². The molecule has 2 aromatic carbocycles. The Morgan fingerprint density at radius 3 is 2.43 bits per heavy atom. The van der Waals surface area contributed by atoms with Gasteiger partial charge in [0, 0.05) is 29.4 Å². The number of hydrogen-bond donors (Lipinski definition) is 3. The summed E-state index contributed by atoms with van der Waals surface area (Å²) in [6.45, 7) is 2.30. The number of aryl methyl sites for hydroxylation is 1. The second-order valence-electron chi connectivity index (χ2n) is 5.91. The van der Waals surface area contributed by atoms with Crippen molar-refractivity contribution < 1.29 is 14.3 Å². The summed E-state index contributed by atoms with van der Waals surface area (Å²) < 4.78 is 5.73. The zero-order valence-electron chi connectivity index (χ0n) is 15.5. The lowest BCUT2D eigenvalue weighted by molar-refractivity contribution is 0.102. The number of ether oxygens (including phenoxy) is 1. The normalized spacial score (nSPS) is 10.2. The molecule has 7 nitrogen and oxygen atoms in total. The molecule has 0 saturated heterocycles. The highest BCUT2D eigenvalue weighted by atomic mass is 32.1. The first-order valence-corrected chi connectivity index (χ1v) is 9.45. The van der Waals surface area contributed by atoms with Crippen molar-refractivity contribution in [3.63, 3.8) is 0 Å². The maximum atomic E-state index is 12.5. The van der Waals surface area contributed by atoms with Gasteiger partial charge in [-0.15, -0.1) is 11.3 Å². The lowest BCUT2D eigenvalue weighted by Crippen LogP contribution is -2.24. The van der Waals surface area contributed by atoms with Crippen molar-refractivity contribution in [1.82, 2.24) is 10.3 Å². The van der Waals surface area contributed by atoms with Gasteiger partial charge < -0.3 is 20.7 Å². The highest BCUT2D eigenvalue weighted by molar-refractivity contribution is 7.09. The lowest BCUT2D eigenvalue weighted by atomic mass is 10.2. The van der Waals surface area contributed by atoms with Crippen LogP contribution in [0.1, 0.15) is 21.1 Å². The molecule has 3 rings (SSSR count). The number of urea groups is 1. The van der Waals surface area contributed by atoms with Crippen LogP contribution in [-0.4, -0.2) is 24.0 Å². The summed E-state index contributed by atoms with van der Waals surface area (Å²) in [5.74, 6) is 0.352. The minimum Gasteiger partial charge on any atom is -0.487 e. The number of thiazole rings is 1. The number of carbonyl (C=O) groups is 2. The Balaban J connectivity index is 1.60. The van der Waals surface area contributed by atoms with Crippen molar-refractivity contribution in [2.75, 3.05) is 17.7 Å². The van der Waals surface area contributed by atoms with Gasteiger partial charge in [-0.05, 0) is 49.4 Å². The molecule has 1 aromatic heterocycles. The van der Waals surface area contributed by atoms with Crippen LogP contribution in [0, 0.1) is 6.92 Å². The van der Waals surface area contributed by atoms with Crippen molar-refractivity contribution in [3.8, 4) is 5.75 Å². The smallest absolute Gasteiger partial charge is 0.318 e. The fourth-order valence-corrected chi connectivity index (χ4v) is 2.99. The number of carbonyl (C=O) groups excluding carboxylic acids is 2. The molecule has 0 aliphatic carbocycles. The number of aromatic nitrogens is 1. The van der Waals surface area contributed by atoms with Gasteiger partial charge in [-0.3, -0.25) is 4.79 Å². The number of rotatable bonds is 6. The minimum atomic E-state index is -0.304. The van der Waals surface area contributed by atoms with Gasteiger partial charge in [0.25, 0.3) is 5.91 Å². The van der Waals surface area contributed by atoms with Crippen LogP contribution in [0.15, 0.2) is 53.9 Å². The number of amides is 3. The maximum Gasteiger partial charge on any atom is 0.318 e. The average molecular weight is 396 g/mol. The molecule has 0 unspecified atom stereocenters. The number of nitrogens with one attached hydrogen (secondary N) is 3. The molecule has 3 aromatic rings. The first-order valence-electron chi connectivity index (χ1n) is 8.57. The number of nitrogens with zero attached hydrogens (tertiary/aromatic N) is 1. The summed E-state index contributed by atoms with van der Waals surface area (Å²) in [4.78, 5) is 28.1. The van der Waals surface area contributed by atoms with Gasteiger partial charge in [-0.2, -0.15) is 0 Å². The predicted octanol–water partition coefficient (Wildman–Crippen LogP) is 4.03. The maximum absolute atomic E-state index is 12.5. The second kappa shape index (κ2) is 9.01. The van der Waals surface area contributed by atoms with Gasteiger partial charge in [0.15, 0.2) is 0 Å². The summed E-state index contributed by atoms with van der Waals surface area (Å²) >= 11 is 1.57. The number of benzene rings is 2. The van der Waals surface area contributed by atoms with Crippen molar-refractivity contribution >= 4 is 34.6 Å². The summed E-state index contributed by atoms with van der Waals surface area (Å²) in [6, 6.07) is 13.5. The molecule has 8 heteroatoms. The van der Waals surface area contributed by atoms with E-state index >= 15 is 0 Å². The minimum absolute atomic E-state index is 0.248. The molecule has 3 N–H and O–H groups in total. The SMILES string of the molecule is CNC(=O)Nc1ccc(NC(=O)c2cccc(OCc3csc(C)n3)c2)cc1. The molecule has 0 radical (unpaired) electrons. The first-order chi connectivity index (χ1) is 13.5. The van der Waals surface area contributed by atoms with E-state index in [0.717, 1.165) is 10.7 Å². The monoisotopic (exact) mass is 396 g/mol. The van der Waals surface area contributed by atoms with Crippen molar-refractivity contribution in [2.45, 2.75) is 13.5 Å².